The third-order valence-corrected chi connectivity index (χ3v) is 9.71. The van der Waals surface area contributed by atoms with Gasteiger partial charge in [0.15, 0.2) is 17.5 Å². The summed E-state index contributed by atoms with van der Waals surface area (Å²) in [4.78, 5) is 15.4. The molecule has 3 heterocycles. The van der Waals surface area contributed by atoms with Crippen LogP contribution >= 0.6 is 11.3 Å². The molecule has 0 bridgehead atoms. The maximum absolute atomic E-state index is 5.20. The molecule has 212 valence electrons. The van der Waals surface area contributed by atoms with Crippen LogP contribution in [0.25, 0.3) is 81.8 Å². The van der Waals surface area contributed by atoms with Gasteiger partial charge in [-0.25, -0.2) is 15.0 Å². The zero-order valence-corrected chi connectivity index (χ0v) is 25.3. The summed E-state index contributed by atoms with van der Waals surface area (Å²) in [5.74, 6) is 1.99. The van der Waals surface area contributed by atoms with Gasteiger partial charge < -0.3 is 4.57 Å². The minimum atomic E-state index is 0.652. The van der Waals surface area contributed by atoms with Gasteiger partial charge in [-0.15, -0.1) is 11.3 Å². The largest absolute Gasteiger partial charge is 0.309 e. The Morgan fingerprint density at radius 2 is 1.13 bits per heavy atom. The van der Waals surface area contributed by atoms with Crippen LogP contribution in [0.4, 0.5) is 0 Å². The molecule has 0 spiro atoms. The Balaban J connectivity index is 1.32. The van der Waals surface area contributed by atoms with Crippen molar-refractivity contribution < 1.29 is 0 Å². The van der Waals surface area contributed by atoms with Gasteiger partial charge in [-0.2, -0.15) is 0 Å². The van der Waals surface area contributed by atoms with Crippen LogP contribution in [0.3, 0.4) is 0 Å². The number of aromatic nitrogens is 4. The van der Waals surface area contributed by atoms with Gasteiger partial charge in [-0.05, 0) is 48.9 Å². The standard InChI is InChI=1S/C40H26N4S/c1-25-12-10-20-34-36(25)37-31(18-11-21-35(37)45-34)40-42-38(26-13-4-2-5-14-26)41-39(43-40)27-22-23-30-29-17-8-9-19-32(29)44(33(30)24-27)28-15-6-3-7-16-28/h2-24H,1H3. The van der Waals surface area contributed by atoms with E-state index in [0.29, 0.717) is 17.5 Å². The van der Waals surface area contributed by atoms with E-state index in [0.717, 1.165) is 27.9 Å². The maximum atomic E-state index is 5.20. The van der Waals surface area contributed by atoms with E-state index in [2.05, 4.69) is 133 Å². The maximum Gasteiger partial charge on any atom is 0.164 e. The number of benzene rings is 6. The summed E-state index contributed by atoms with van der Waals surface area (Å²) in [7, 11) is 0. The Kier molecular flexibility index (Phi) is 5.86. The summed E-state index contributed by atoms with van der Waals surface area (Å²) in [6, 6.07) is 48.8. The lowest BCUT2D eigenvalue weighted by Crippen LogP contribution is -2.01. The number of thiophene rings is 1. The van der Waals surface area contributed by atoms with Crippen LogP contribution in [0.2, 0.25) is 0 Å². The Hall–Kier alpha value is -5.65. The van der Waals surface area contributed by atoms with E-state index in [9.17, 15) is 0 Å². The normalized spacial score (nSPS) is 11.7. The molecule has 0 aliphatic heterocycles. The highest BCUT2D eigenvalue weighted by atomic mass is 32.1. The summed E-state index contributed by atoms with van der Waals surface area (Å²) in [6.07, 6.45) is 0. The molecular weight excluding hydrogens is 569 g/mol. The van der Waals surface area contributed by atoms with Crippen LogP contribution in [0.1, 0.15) is 5.56 Å². The van der Waals surface area contributed by atoms with Crippen molar-refractivity contribution >= 4 is 53.3 Å². The quantitative estimate of drug-likeness (QED) is 0.204. The average Bonchev–Trinajstić information content (AvgIpc) is 3.65. The van der Waals surface area contributed by atoms with Gasteiger partial charge >= 0.3 is 0 Å². The number of nitrogens with zero attached hydrogens (tertiary/aromatic N) is 4. The number of para-hydroxylation sites is 2. The third-order valence-electron chi connectivity index (χ3n) is 8.59. The van der Waals surface area contributed by atoms with Crippen molar-refractivity contribution in [2.24, 2.45) is 0 Å². The summed E-state index contributed by atoms with van der Waals surface area (Å²) in [5, 5.41) is 4.88. The molecule has 4 nitrogen and oxygen atoms in total. The highest BCUT2D eigenvalue weighted by molar-refractivity contribution is 7.26. The number of aryl methyl sites for hydroxylation is 1. The predicted octanol–water partition coefficient (Wildman–Crippen LogP) is 10.6. The minimum Gasteiger partial charge on any atom is -0.309 e. The Bertz CT molecular complexity index is 2550. The fourth-order valence-corrected chi connectivity index (χ4v) is 7.74. The lowest BCUT2D eigenvalue weighted by Gasteiger charge is -2.11. The van der Waals surface area contributed by atoms with Gasteiger partial charge in [0.2, 0.25) is 0 Å². The van der Waals surface area contributed by atoms with Crippen LogP contribution in [0.5, 0.6) is 0 Å². The Morgan fingerprint density at radius 3 is 1.96 bits per heavy atom. The van der Waals surface area contributed by atoms with Crippen LogP contribution < -0.4 is 0 Å². The molecule has 0 aliphatic rings. The lowest BCUT2D eigenvalue weighted by molar-refractivity contribution is 1.08. The molecule has 0 N–H and O–H groups in total. The fourth-order valence-electron chi connectivity index (χ4n) is 6.53. The lowest BCUT2D eigenvalue weighted by atomic mass is 10.0. The molecule has 0 aliphatic carbocycles. The second-order valence-electron chi connectivity index (χ2n) is 11.3. The molecule has 0 fully saturated rings. The van der Waals surface area contributed by atoms with Gasteiger partial charge in [0.05, 0.1) is 11.0 Å². The molecule has 0 atom stereocenters. The molecule has 0 amide bonds. The Morgan fingerprint density at radius 1 is 0.489 bits per heavy atom. The molecule has 9 aromatic rings. The first-order valence-corrected chi connectivity index (χ1v) is 15.9. The topological polar surface area (TPSA) is 43.6 Å². The highest BCUT2D eigenvalue weighted by Gasteiger charge is 2.19. The van der Waals surface area contributed by atoms with E-state index in [1.54, 1.807) is 0 Å². The van der Waals surface area contributed by atoms with Gasteiger partial charge in [0, 0.05) is 53.3 Å². The van der Waals surface area contributed by atoms with Crippen molar-refractivity contribution in [1.29, 1.82) is 0 Å². The van der Waals surface area contributed by atoms with E-state index in [-0.39, 0.29) is 0 Å². The van der Waals surface area contributed by atoms with E-state index in [4.69, 9.17) is 15.0 Å². The summed E-state index contributed by atoms with van der Waals surface area (Å²) < 4.78 is 4.83. The molecule has 0 saturated carbocycles. The van der Waals surface area contributed by atoms with Gasteiger partial charge in [0.25, 0.3) is 0 Å². The first-order chi connectivity index (χ1) is 22.2. The van der Waals surface area contributed by atoms with Crippen LogP contribution in [-0.4, -0.2) is 19.5 Å². The van der Waals surface area contributed by atoms with Crippen LogP contribution in [0, 0.1) is 6.92 Å². The highest BCUT2D eigenvalue weighted by Crippen LogP contribution is 2.41. The first kappa shape index (κ1) is 25.8. The number of hydrogen-bond donors (Lipinski definition) is 0. The van der Waals surface area contributed by atoms with E-state index >= 15 is 0 Å². The molecule has 5 heteroatoms. The SMILES string of the molecule is Cc1cccc2sc3cccc(-c4nc(-c5ccccc5)nc(-c5ccc6c7ccccc7n(-c7ccccc7)c6c5)n4)c3c12. The zero-order chi connectivity index (χ0) is 29.9. The van der Waals surface area contributed by atoms with Gasteiger partial charge in [-0.1, -0.05) is 103 Å². The first-order valence-electron chi connectivity index (χ1n) is 15.0. The molecule has 45 heavy (non-hydrogen) atoms. The smallest absolute Gasteiger partial charge is 0.164 e. The van der Waals surface area contributed by atoms with Crippen LogP contribution in [0.15, 0.2) is 140 Å². The molecule has 6 aromatic carbocycles. The molecule has 9 rings (SSSR count). The minimum absolute atomic E-state index is 0.652. The predicted molar refractivity (Wildman–Crippen MR) is 188 cm³/mol. The molecule has 0 radical (unpaired) electrons. The van der Waals surface area contributed by atoms with E-state index < -0.39 is 0 Å². The van der Waals surface area contributed by atoms with E-state index in [1.807, 2.05) is 29.5 Å². The van der Waals surface area contributed by atoms with E-state index in [1.165, 1.54) is 42.0 Å². The van der Waals surface area contributed by atoms with Crippen molar-refractivity contribution in [3.05, 3.63) is 145 Å². The number of fused-ring (bicyclic) bond motifs is 6. The summed E-state index contributed by atoms with van der Waals surface area (Å²) in [6.45, 7) is 2.18. The second-order valence-corrected chi connectivity index (χ2v) is 12.4. The van der Waals surface area contributed by atoms with Crippen molar-refractivity contribution in [3.8, 4) is 39.9 Å². The summed E-state index contributed by atoms with van der Waals surface area (Å²) >= 11 is 1.81. The third kappa shape index (κ3) is 4.16. The van der Waals surface area contributed by atoms with Crippen molar-refractivity contribution in [2.45, 2.75) is 6.92 Å². The van der Waals surface area contributed by atoms with Gasteiger partial charge in [0.1, 0.15) is 0 Å². The van der Waals surface area contributed by atoms with Gasteiger partial charge in [-0.3, -0.25) is 0 Å². The molecular formula is C40H26N4S. The van der Waals surface area contributed by atoms with Crippen molar-refractivity contribution in [1.82, 2.24) is 19.5 Å². The summed E-state index contributed by atoms with van der Waals surface area (Å²) in [5.41, 5.74) is 7.58. The monoisotopic (exact) mass is 594 g/mol. The van der Waals surface area contributed by atoms with Crippen molar-refractivity contribution in [2.75, 3.05) is 0 Å². The fraction of sp³-hybridized carbons (Fsp3) is 0.0250. The zero-order valence-electron chi connectivity index (χ0n) is 24.5. The molecule has 3 aromatic heterocycles. The molecule has 0 unspecified atom stereocenters. The Labute approximate surface area is 263 Å². The molecule has 0 saturated heterocycles. The van der Waals surface area contributed by atoms with Crippen LogP contribution in [-0.2, 0) is 0 Å². The number of hydrogen-bond acceptors (Lipinski definition) is 4. The second kappa shape index (κ2) is 10.2. The van der Waals surface area contributed by atoms with Crippen molar-refractivity contribution in [3.63, 3.8) is 0 Å². The average molecular weight is 595 g/mol. The number of rotatable bonds is 4.